The summed E-state index contributed by atoms with van der Waals surface area (Å²) in [6.07, 6.45) is 0. The molecular formula is C20H22BrN3O2S. The SMILES string of the molecule is COCCn1c(SCC(=O)N[C@H](C)c2ccc(Br)cc2)nc2ccccc21. The molecule has 0 saturated heterocycles. The molecule has 5 nitrogen and oxygen atoms in total. The summed E-state index contributed by atoms with van der Waals surface area (Å²) < 4.78 is 8.34. The molecule has 3 rings (SSSR count). The van der Waals surface area contributed by atoms with Crippen molar-refractivity contribution in [2.45, 2.75) is 24.7 Å². The van der Waals surface area contributed by atoms with Gasteiger partial charge in [-0.25, -0.2) is 4.98 Å². The number of carbonyl (C=O) groups excluding carboxylic acids is 1. The number of aromatic nitrogens is 2. The molecule has 0 fully saturated rings. The average Bonchev–Trinajstić information content (AvgIpc) is 3.02. The molecule has 0 aliphatic heterocycles. The summed E-state index contributed by atoms with van der Waals surface area (Å²) in [7, 11) is 1.68. The van der Waals surface area contributed by atoms with Crippen molar-refractivity contribution in [1.82, 2.24) is 14.9 Å². The molecule has 0 radical (unpaired) electrons. The monoisotopic (exact) mass is 447 g/mol. The Balaban J connectivity index is 1.65. The highest BCUT2D eigenvalue weighted by Gasteiger charge is 2.14. The largest absolute Gasteiger partial charge is 0.383 e. The van der Waals surface area contributed by atoms with Crippen LogP contribution in [0.25, 0.3) is 11.0 Å². The third-order valence-electron chi connectivity index (χ3n) is 4.22. The number of ether oxygens (including phenoxy) is 1. The van der Waals surface area contributed by atoms with E-state index in [4.69, 9.17) is 4.74 Å². The van der Waals surface area contributed by atoms with Crippen LogP contribution in [0.5, 0.6) is 0 Å². The molecule has 0 aliphatic carbocycles. The number of benzene rings is 2. The van der Waals surface area contributed by atoms with E-state index >= 15 is 0 Å². The number of para-hydroxylation sites is 2. The number of amides is 1. The number of hydrogen-bond donors (Lipinski definition) is 1. The first-order valence-electron chi connectivity index (χ1n) is 8.70. The van der Waals surface area contributed by atoms with Gasteiger partial charge in [-0.05, 0) is 36.8 Å². The molecule has 0 bridgehead atoms. The van der Waals surface area contributed by atoms with Crippen LogP contribution in [0.4, 0.5) is 0 Å². The van der Waals surface area contributed by atoms with Gasteiger partial charge in [0.15, 0.2) is 5.16 Å². The Labute approximate surface area is 171 Å². The van der Waals surface area contributed by atoms with Gasteiger partial charge in [0, 0.05) is 18.1 Å². The normalized spacial score (nSPS) is 12.3. The Morgan fingerprint density at radius 3 is 2.74 bits per heavy atom. The van der Waals surface area contributed by atoms with Gasteiger partial charge >= 0.3 is 0 Å². The fourth-order valence-corrected chi connectivity index (χ4v) is 3.93. The smallest absolute Gasteiger partial charge is 0.230 e. The summed E-state index contributed by atoms with van der Waals surface area (Å²) in [5.41, 5.74) is 3.06. The van der Waals surface area contributed by atoms with Crippen LogP contribution in [0.15, 0.2) is 58.2 Å². The predicted molar refractivity (Wildman–Crippen MR) is 113 cm³/mol. The van der Waals surface area contributed by atoms with E-state index < -0.39 is 0 Å². The lowest BCUT2D eigenvalue weighted by molar-refractivity contribution is -0.119. The van der Waals surface area contributed by atoms with Gasteiger partial charge in [-0.15, -0.1) is 0 Å². The molecule has 1 aromatic heterocycles. The zero-order valence-corrected chi connectivity index (χ0v) is 17.7. The van der Waals surface area contributed by atoms with Crippen molar-refractivity contribution < 1.29 is 9.53 Å². The van der Waals surface area contributed by atoms with Crippen LogP contribution in [0, 0.1) is 0 Å². The second kappa shape index (κ2) is 9.39. The van der Waals surface area contributed by atoms with E-state index in [-0.39, 0.29) is 11.9 Å². The molecule has 1 N–H and O–H groups in total. The fourth-order valence-electron chi connectivity index (χ4n) is 2.81. The van der Waals surface area contributed by atoms with Crippen molar-refractivity contribution in [2.75, 3.05) is 19.5 Å². The standard InChI is InChI=1S/C20H22BrN3O2S/c1-14(15-7-9-16(21)10-8-15)22-19(25)13-27-20-23-17-5-3-4-6-18(17)24(20)11-12-26-2/h3-10,14H,11-13H2,1-2H3,(H,22,25)/t14-/m1/s1. The summed E-state index contributed by atoms with van der Waals surface area (Å²) in [6.45, 7) is 3.29. The molecule has 0 saturated carbocycles. The zero-order valence-electron chi connectivity index (χ0n) is 15.3. The second-order valence-electron chi connectivity index (χ2n) is 6.16. The Kier molecular flexibility index (Phi) is 6.93. The van der Waals surface area contributed by atoms with Gasteiger partial charge in [-0.2, -0.15) is 0 Å². The van der Waals surface area contributed by atoms with E-state index in [0.29, 0.717) is 18.9 Å². The van der Waals surface area contributed by atoms with E-state index in [1.165, 1.54) is 11.8 Å². The van der Waals surface area contributed by atoms with E-state index in [0.717, 1.165) is 26.2 Å². The molecule has 0 aliphatic rings. The van der Waals surface area contributed by atoms with Gasteiger partial charge in [0.05, 0.1) is 29.4 Å². The summed E-state index contributed by atoms with van der Waals surface area (Å²) >= 11 is 4.87. The molecule has 0 spiro atoms. The summed E-state index contributed by atoms with van der Waals surface area (Å²) in [5, 5.41) is 3.88. The minimum absolute atomic E-state index is 0.0132. The molecule has 3 aromatic rings. The van der Waals surface area contributed by atoms with Crippen molar-refractivity contribution in [2.24, 2.45) is 0 Å². The highest BCUT2D eigenvalue weighted by Crippen LogP contribution is 2.24. The van der Waals surface area contributed by atoms with E-state index in [9.17, 15) is 4.79 Å². The van der Waals surface area contributed by atoms with Crippen molar-refractivity contribution >= 4 is 44.6 Å². The molecule has 1 heterocycles. The van der Waals surface area contributed by atoms with Crippen molar-refractivity contribution in [1.29, 1.82) is 0 Å². The van der Waals surface area contributed by atoms with E-state index in [1.54, 1.807) is 7.11 Å². The number of imidazole rings is 1. The minimum atomic E-state index is -0.0430. The number of rotatable bonds is 8. The van der Waals surface area contributed by atoms with Gasteiger partial charge in [0.2, 0.25) is 5.91 Å². The van der Waals surface area contributed by atoms with Crippen molar-refractivity contribution in [3.63, 3.8) is 0 Å². The third-order valence-corrected chi connectivity index (χ3v) is 5.72. The maximum absolute atomic E-state index is 12.4. The molecule has 1 amide bonds. The van der Waals surface area contributed by atoms with Crippen LogP contribution in [0.2, 0.25) is 0 Å². The van der Waals surface area contributed by atoms with Crippen LogP contribution in [-0.4, -0.2) is 34.9 Å². The lowest BCUT2D eigenvalue weighted by Crippen LogP contribution is -2.28. The number of nitrogens with one attached hydrogen (secondary N) is 1. The molecule has 1 atom stereocenters. The molecule has 7 heteroatoms. The lowest BCUT2D eigenvalue weighted by Gasteiger charge is -2.14. The highest BCUT2D eigenvalue weighted by molar-refractivity contribution is 9.10. The van der Waals surface area contributed by atoms with E-state index in [1.807, 2.05) is 55.5 Å². The first-order chi connectivity index (χ1) is 13.1. The number of methoxy groups -OCH3 is 1. The van der Waals surface area contributed by atoms with Crippen molar-refractivity contribution in [3.05, 3.63) is 58.6 Å². The predicted octanol–water partition coefficient (Wildman–Crippen LogP) is 4.41. The third kappa shape index (κ3) is 5.12. The Hall–Kier alpha value is -1.83. The molecular weight excluding hydrogens is 426 g/mol. The summed E-state index contributed by atoms with van der Waals surface area (Å²) in [4.78, 5) is 17.1. The zero-order chi connectivity index (χ0) is 19.2. The number of carbonyl (C=O) groups is 1. The number of thioether (sulfide) groups is 1. The molecule has 2 aromatic carbocycles. The number of nitrogens with zero attached hydrogens (tertiary/aromatic N) is 2. The average molecular weight is 448 g/mol. The first kappa shape index (κ1) is 19.9. The van der Waals surface area contributed by atoms with Gasteiger partial charge in [0.25, 0.3) is 0 Å². The summed E-state index contributed by atoms with van der Waals surface area (Å²) in [5.74, 6) is 0.303. The molecule has 142 valence electrons. The van der Waals surface area contributed by atoms with Crippen LogP contribution in [0.1, 0.15) is 18.5 Å². The van der Waals surface area contributed by atoms with Crippen LogP contribution < -0.4 is 5.32 Å². The maximum Gasteiger partial charge on any atom is 0.230 e. The number of hydrogen-bond acceptors (Lipinski definition) is 4. The number of fused-ring (bicyclic) bond motifs is 1. The minimum Gasteiger partial charge on any atom is -0.383 e. The quantitative estimate of drug-likeness (QED) is 0.519. The highest BCUT2D eigenvalue weighted by atomic mass is 79.9. The van der Waals surface area contributed by atoms with Crippen LogP contribution >= 0.6 is 27.7 Å². The maximum atomic E-state index is 12.4. The number of halogens is 1. The lowest BCUT2D eigenvalue weighted by atomic mass is 10.1. The van der Waals surface area contributed by atoms with Gasteiger partial charge < -0.3 is 14.6 Å². The first-order valence-corrected chi connectivity index (χ1v) is 10.5. The Morgan fingerprint density at radius 1 is 1.26 bits per heavy atom. The molecule has 27 heavy (non-hydrogen) atoms. The Bertz CT molecular complexity index is 911. The fraction of sp³-hybridized carbons (Fsp3) is 0.300. The van der Waals surface area contributed by atoms with E-state index in [2.05, 4.69) is 30.8 Å². The second-order valence-corrected chi connectivity index (χ2v) is 8.02. The van der Waals surface area contributed by atoms with Gasteiger partial charge in [-0.1, -0.05) is 52.0 Å². The van der Waals surface area contributed by atoms with Crippen LogP contribution in [0.3, 0.4) is 0 Å². The van der Waals surface area contributed by atoms with Gasteiger partial charge in [-0.3, -0.25) is 4.79 Å². The summed E-state index contributed by atoms with van der Waals surface area (Å²) in [6, 6.07) is 15.9. The van der Waals surface area contributed by atoms with Gasteiger partial charge in [0.1, 0.15) is 0 Å². The van der Waals surface area contributed by atoms with Crippen LogP contribution in [-0.2, 0) is 16.1 Å². The topological polar surface area (TPSA) is 56.1 Å². The Morgan fingerprint density at radius 2 is 2.00 bits per heavy atom. The molecule has 0 unspecified atom stereocenters. The van der Waals surface area contributed by atoms with Crippen molar-refractivity contribution in [3.8, 4) is 0 Å².